The summed E-state index contributed by atoms with van der Waals surface area (Å²) < 4.78 is 0. The highest BCUT2D eigenvalue weighted by Gasteiger charge is 2.21. The molecule has 1 amide bonds. The number of rotatable bonds is 5. The number of thiophene rings is 1. The van der Waals surface area contributed by atoms with Crippen LogP contribution >= 0.6 is 11.3 Å². The minimum Gasteiger partial charge on any atom is -0.501 e. The summed E-state index contributed by atoms with van der Waals surface area (Å²) in [5, 5.41) is 23.1. The molecule has 8 nitrogen and oxygen atoms in total. The molecule has 9 heteroatoms. The summed E-state index contributed by atoms with van der Waals surface area (Å²) in [6.07, 6.45) is 6.07. The number of hydrogen-bond donors (Lipinski definition) is 4. The van der Waals surface area contributed by atoms with Gasteiger partial charge in [0.25, 0.3) is 5.56 Å². The molecule has 2 aromatic heterocycles. The molecular weight excluding hydrogens is 358 g/mol. The van der Waals surface area contributed by atoms with Crippen LogP contribution in [0, 0.1) is 5.92 Å². The van der Waals surface area contributed by atoms with Crippen LogP contribution in [-0.2, 0) is 4.79 Å². The van der Waals surface area contributed by atoms with Crippen LogP contribution in [0.3, 0.4) is 0 Å². The molecule has 2 aromatic rings. The van der Waals surface area contributed by atoms with Crippen LogP contribution in [0.2, 0.25) is 0 Å². The standard InChI is InChI=1S/C17H19N3O5S/c21-11(8-9-4-2-1-3-5-9)18-10-6-7-26-14(10)15-19-12(17(24)25)13(22)16(23)20-15/h6-7,9,22H,1-5,8H2,(H,18,21)(H,24,25)(H,19,20,23). The average molecular weight is 377 g/mol. The molecule has 138 valence electrons. The second kappa shape index (κ2) is 7.69. The van der Waals surface area contributed by atoms with E-state index in [1.165, 1.54) is 17.8 Å². The molecule has 4 N–H and O–H groups in total. The Morgan fingerprint density at radius 2 is 2.04 bits per heavy atom. The van der Waals surface area contributed by atoms with Gasteiger partial charge in [0, 0.05) is 6.42 Å². The summed E-state index contributed by atoms with van der Waals surface area (Å²) in [4.78, 5) is 41.8. The van der Waals surface area contributed by atoms with Crippen LogP contribution in [0.15, 0.2) is 16.2 Å². The minimum atomic E-state index is -1.51. The van der Waals surface area contributed by atoms with Crippen molar-refractivity contribution in [1.82, 2.24) is 9.97 Å². The number of carboxylic acids is 1. The minimum absolute atomic E-state index is 0.00633. The van der Waals surface area contributed by atoms with E-state index in [2.05, 4.69) is 15.3 Å². The molecule has 1 fully saturated rings. The number of aromatic nitrogens is 2. The molecular formula is C17H19N3O5S. The van der Waals surface area contributed by atoms with Gasteiger partial charge in [-0.2, -0.15) is 0 Å². The summed E-state index contributed by atoms with van der Waals surface area (Å²) >= 11 is 1.20. The van der Waals surface area contributed by atoms with Crippen molar-refractivity contribution in [2.24, 2.45) is 5.92 Å². The van der Waals surface area contributed by atoms with Crippen LogP contribution in [0.25, 0.3) is 10.7 Å². The van der Waals surface area contributed by atoms with Gasteiger partial charge in [-0.3, -0.25) is 9.59 Å². The van der Waals surface area contributed by atoms with E-state index in [1.54, 1.807) is 11.4 Å². The van der Waals surface area contributed by atoms with Gasteiger partial charge in [0.2, 0.25) is 11.7 Å². The average Bonchev–Trinajstić information content (AvgIpc) is 3.05. The van der Waals surface area contributed by atoms with Crippen molar-refractivity contribution in [3.8, 4) is 16.5 Å². The summed E-state index contributed by atoms with van der Waals surface area (Å²) in [6.45, 7) is 0. The predicted octanol–water partition coefficient (Wildman–Crippen LogP) is 2.81. The fourth-order valence-electron chi connectivity index (χ4n) is 3.17. The Morgan fingerprint density at radius 1 is 1.31 bits per heavy atom. The third-order valence-corrected chi connectivity index (χ3v) is 5.37. The molecule has 0 unspecified atom stereocenters. The van der Waals surface area contributed by atoms with Gasteiger partial charge in [0.15, 0.2) is 11.5 Å². The van der Waals surface area contributed by atoms with Crippen molar-refractivity contribution >= 4 is 28.9 Å². The van der Waals surface area contributed by atoms with Gasteiger partial charge >= 0.3 is 5.97 Å². The first-order chi connectivity index (χ1) is 12.5. The van der Waals surface area contributed by atoms with Crippen molar-refractivity contribution in [1.29, 1.82) is 0 Å². The van der Waals surface area contributed by atoms with Crippen molar-refractivity contribution < 1.29 is 19.8 Å². The number of carbonyl (C=O) groups excluding carboxylic acids is 1. The monoisotopic (exact) mass is 377 g/mol. The maximum absolute atomic E-state index is 12.3. The first-order valence-corrected chi connectivity index (χ1v) is 9.28. The Labute approximate surface area is 152 Å². The van der Waals surface area contributed by atoms with Gasteiger partial charge in [-0.15, -0.1) is 11.3 Å². The molecule has 26 heavy (non-hydrogen) atoms. The zero-order chi connectivity index (χ0) is 18.7. The van der Waals surface area contributed by atoms with Crippen LogP contribution in [0.4, 0.5) is 5.69 Å². The van der Waals surface area contributed by atoms with E-state index >= 15 is 0 Å². The number of H-pyrrole nitrogens is 1. The molecule has 0 bridgehead atoms. The molecule has 0 aromatic carbocycles. The molecule has 0 saturated heterocycles. The lowest BCUT2D eigenvalue weighted by Gasteiger charge is -2.20. The number of carboxylic acid groups (broad SMARTS) is 1. The SMILES string of the molecule is O=C(CC1CCCCC1)Nc1ccsc1-c1nc(C(=O)O)c(O)c(=O)[nH]1. The lowest BCUT2D eigenvalue weighted by molar-refractivity contribution is -0.117. The van der Waals surface area contributed by atoms with Crippen molar-refractivity contribution in [3.05, 3.63) is 27.5 Å². The highest BCUT2D eigenvalue weighted by molar-refractivity contribution is 7.14. The van der Waals surface area contributed by atoms with Gasteiger partial charge in [-0.1, -0.05) is 19.3 Å². The van der Waals surface area contributed by atoms with Gasteiger partial charge in [0.1, 0.15) is 0 Å². The second-order valence-corrected chi connectivity index (χ2v) is 7.25. The van der Waals surface area contributed by atoms with E-state index in [-0.39, 0.29) is 11.7 Å². The number of hydrogen-bond acceptors (Lipinski definition) is 6. The Balaban J connectivity index is 1.81. The quantitative estimate of drug-likeness (QED) is 0.633. The lowest BCUT2D eigenvalue weighted by Crippen LogP contribution is -2.19. The van der Waals surface area contributed by atoms with Crippen LogP contribution in [-0.4, -0.2) is 32.1 Å². The van der Waals surface area contributed by atoms with Crippen LogP contribution in [0.1, 0.15) is 49.0 Å². The molecule has 0 spiro atoms. The highest BCUT2D eigenvalue weighted by Crippen LogP contribution is 2.32. The fourth-order valence-corrected chi connectivity index (χ4v) is 3.96. The summed E-state index contributed by atoms with van der Waals surface area (Å²) in [6, 6.07) is 1.67. The molecule has 2 heterocycles. The van der Waals surface area contributed by atoms with E-state index in [4.69, 9.17) is 5.11 Å². The van der Waals surface area contributed by atoms with E-state index in [1.807, 2.05) is 0 Å². The van der Waals surface area contributed by atoms with Crippen LogP contribution in [0.5, 0.6) is 5.75 Å². The molecule has 0 atom stereocenters. The molecule has 1 aliphatic rings. The van der Waals surface area contributed by atoms with E-state index in [0.717, 1.165) is 25.7 Å². The largest absolute Gasteiger partial charge is 0.501 e. The number of aromatic amines is 1. The number of nitrogens with zero attached hydrogens (tertiary/aromatic N) is 1. The normalized spacial score (nSPS) is 14.9. The first-order valence-electron chi connectivity index (χ1n) is 8.40. The second-order valence-electron chi connectivity index (χ2n) is 6.34. The van der Waals surface area contributed by atoms with Gasteiger partial charge < -0.3 is 20.5 Å². The van der Waals surface area contributed by atoms with E-state index < -0.39 is 23.0 Å². The zero-order valence-corrected chi connectivity index (χ0v) is 14.8. The zero-order valence-electron chi connectivity index (χ0n) is 13.9. The number of aromatic hydroxyl groups is 1. The smallest absolute Gasteiger partial charge is 0.358 e. The fraction of sp³-hybridized carbons (Fsp3) is 0.412. The molecule has 1 saturated carbocycles. The van der Waals surface area contributed by atoms with Gasteiger partial charge in [-0.25, -0.2) is 9.78 Å². The summed E-state index contributed by atoms with van der Waals surface area (Å²) in [5.41, 5.74) is -1.21. The number of nitrogens with one attached hydrogen (secondary N) is 2. The molecule has 0 aliphatic heterocycles. The van der Waals surface area contributed by atoms with E-state index in [0.29, 0.717) is 22.9 Å². The Morgan fingerprint density at radius 3 is 2.73 bits per heavy atom. The maximum atomic E-state index is 12.3. The number of amides is 1. The van der Waals surface area contributed by atoms with Crippen molar-refractivity contribution in [3.63, 3.8) is 0 Å². The van der Waals surface area contributed by atoms with Crippen molar-refractivity contribution in [2.45, 2.75) is 38.5 Å². The molecule has 0 radical (unpaired) electrons. The van der Waals surface area contributed by atoms with Gasteiger partial charge in [-0.05, 0) is 30.2 Å². The summed E-state index contributed by atoms with van der Waals surface area (Å²) in [7, 11) is 0. The lowest BCUT2D eigenvalue weighted by atomic mass is 9.87. The topological polar surface area (TPSA) is 132 Å². The van der Waals surface area contributed by atoms with Crippen LogP contribution < -0.4 is 10.9 Å². The maximum Gasteiger partial charge on any atom is 0.358 e. The third kappa shape index (κ3) is 3.93. The Bertz CT molecular complexity index is 883. The highest BCUT2D eigenvalue weighted by atomic mass is 32.1. The number of carbonyl (C=O) groups is 2. The first kappa shape index (κ1) is 18.1. The number of aromatic carboxylic acids is 1. The number of anilines is 1. The van der Waals surface area contributed by atoms with Gasteiger partial charge in [0.05, 0.1) is 10.6 Å². The predicted molar refractivity (Wildman–Crippen MR) is 96.6 cm³/mol. The molecule has 1 aliphatic carbocycles. The van der Waals surface area contributed by atoms with Crippen molar-refractivity contribution in [2.75, 3.05) is 5.32 Å². The third-order valence-electron chi connectivity index (χ3n) is 4.45. The molecule has 3 rings (SSSR count). The van der Waals surface area contributed by atoms with E-state index in [9.17, 15) is 19.5 Å². The Hall–Kier alpha value is -2.68. The Kier molecular flexibility index (Phi) is 5.36. The summed E-state index contributed by atoms with van der Waals surface area (Å²) in [5.74, 6) is -2.18.